The zero-order valence-electron chi connectivity index (χ0n) is 12.7. The molecule has 0 radical (unpaired) electrons. The zero-order valence-corrected chi connectivity index (χ0v) is 14.3. The van der Waals surface area contributed by atoms with Gasteiger partial charge in [-0.05, 0) is 52.7 Å². The third kappa shape index (κ3) is 4.53. The van der Waals surface area contributed by atoms with Crippen molar-refractivity contribution in [3.8, 4) is 11.5 Å². The van der Waals surface area contributed by atoms with Crippen LogP contribution in [0.2, 0.25) is 0 Å². The topological polar surface area (TPSA) is 72.8 Å². The number of rotatable bonds is 6. The van der Waals surface area contributed by atoms with Gasteiger partial charge in [0.25, 0.3) is 5.91 Å². The minimum atomic E-state index is -0.305. The highest BCUT2D eigenvalue weighted by molar-refractivity contribution is 9.10. The fraction of sp³-hybridized carbons (Fsp3) is 0.188. The predicted molar refractivity (Wildman–Crippen MR) is 91.2 cm³/mol. The molecule has 0 aliphatic rings. The van der Waals surface area contributed by atoms with Gasteiger partial charge in [-0.25, -0.2) is 5.43 Å². The van der Waals surface area contributed by atoms with Gasteiger partial charge in [-0.1, -0.05) is 0 Å². The summed E-state index contributed by atoms with van der Waals surface area (Å²) in [6, 6.07) is 6.83. The highest BCUT2D eigenvalue weighted by atomic mass is 79.9. The lowest BCUT2D eigenvalue weighted by molar-refractivity contribution is 0.0955. The third-order valence-corrected chi connectivity index (χ3v) is 3.45. The van der Waals surface area contributed by atoms with Crippen LogP contribution in [0.4, 0.5) is 0 Å². The fourth-order valence-electron chi connectivity index (χ4n) is 1.83. The molecule has 1 aromatic carbocycles. The first kappa shape index (κ1) is 17.0. The molecular weight excluding hydrogens is 362 g/mol. The van der Waals surface area contributed by atoms with Gasteiger partial charge in [0, 0.05) is 18.0 Å². The van der Waals surface area contributed by atoms with E-state index >= 15 is 0 Å². The summed E-state index contributed by atoms with van der Waals surface area (Å²) >= 11 is 3.44. The van der Waals surface area contributed by atoms with E-state index in [-0.39, 0.29) is 5.91 Å². The van der Waals surface area contributed by atoms with E-state index in [4.69, 9.17) is 9.47 Å². The highest BCUT2D eigenvalue weighted by Gasteiger charge is 2.10. The van der Waals surface area contributed by atoms with Crippen LogP contribution in [-0.2, 0) is 0 Å². The molecule has 1 aromatic heterocycles. The van der Waals surface area contributed by atoms with Crippen molar-refractivity contribution in [1.82, 2.24) is 10.4 Å². The molecule has 0 aliphatic heterocycles. The summed E-state index contributed by atoms with van der Waals surface area (Å²) in [7, 11) is 1.57. The van der Waals surface area contributed by atoms with E-state index in [1.807, 2.05) is 13.0 Å². The fourth-order valence-corrected chi connectivity index (χ4v) is 2.41. The van der Waals surface area contributed by atoms with Crippen LogP contribution in [0.1, 0.15) is 22.8 Å². The van der Waals surface area contributed by atoms with Gasteiger partial charge >= 0.3 is 0 Å². The van der Waals surface area contributed by atoms with Gasteiger partial charge in [-0.2, -0.15) is 5.10 Å². The Hall–Kier alpha value is -2.41. The quantitative estimate of drug-likeness (QED) is 0.620. The Morgan fingerprint density at radius 1 is 1.39 bits per heavy atom. The molecule has 2 rings (SSSR count). The number of nitrogens with one attached hydrogen (secondary N) is 1. The number of pyridine rings is 1. The number of hydrogen-bond acceptors (Lipinski definition) is 5. The standard InChI is InChI=1S/C16H16BrN3O3/c1-3-23-15-13(17)8-11(9-14(15)22-2)10-19-20-16(21)12-4-6-18-7-5-12/h4-10H,3H2,1-2H3,(H,20,21)/b19-10+. The Morgan fingerprint density at radius 3 is 2.78 bits per heavy atom. The predicted octanol–water partition coefficient (Wildman–Crippen LogP) is 3.02. The minimum absolute atomic E-state index is 0.305. The molecule has 120 valence electrons. The first-order chi connectivity index (χ1) is 11.2. The molecule has 0 unspecified atom stereocenters. The molecule has 1 amide bonds. The smallest absolute Gasteiger partial charge is 0.271 e. The zero-order chi connectivity index (χ0) is 16.7. The van der Waals surface area contributed by atoms with Gasteiger partial charge < -0.3 is 9.47 Å². The Kier molecular flexibility index (Phi) is 6.10. The lowest BCUT2D eigenvalue weighted by atomic mass is 10.2. The van der Waals surface area contributed by atoms with E-state index in [1.54, 1.807) is 37.7 Å². The van der Waals surface area contributed by atoms with E-state index in [1.165, 1.54) is 6.21 Å². The van der Waals surface area contributed by atoms with Gasteiger partial charge in [0.15, 0.2) is 11.5 Å². The van der Waals surface area contributed by atoms with Crippen molar-refractivity contribution < 1.29 is 14.3 Å². The molecule has 2 aromatic rings. The van der Waals surface area contributed by atoms with E-state index in [9.17, 15) is 4.79 Å². The molecule has 6 nitrogen and oxygen atoms in total. The van der Waals surface area contributed by atoms with Crippen LogP contribution in [0.15, 0.2) is 46.2 Å². The van der Waals surface area contributed by atoms with E-state index in [0.29, 0.717) is 23.7 Å². The summed E-state index contributed by atoms with van der Waals surface area (Å²) in [5, 5.41) is 3.95. The highest BCUT2D eigenvalue weighted by Crippen LogP contribution is 2.36. The number of ether oxygens (including phenoxy) is 2. The van der Waals surface area contributed by atoms with Crippen molar-refractivity contribution in [2.75, 3.05) is 13.7 Å². The molecule has 7 heteroatoms. The molecule has 1 heterocycles. The first-order valence-corrected chi connectivity index (χ1v) is 7.68. The summed E-state index contributed by atoms with van der Waals surface area (Å²) in [6.45, 7) is 2.43. The summed E-state index contributed by atoms with van der Waals surface area (Å²) in [6.07, 6.45) is 4.63. The third-order valence-electron chi connectivity index (χ3n) is 2.86. The maximum atomic E-state index is 11.9. The molecule has 0 atom stereocenters. The molecule has 0 fully saturated rings. The van der Waals surface area contributed by atoms with E-state index in [2.05, 4.69) is 31.4 Å². The van der Waals surface area contributed by atoms with Gasteiger partial charge in [-0.3, -0.25) is 9.78 Å². The number of carbonyl (C=O) groups excluding carboxylic acids is 1. The lowest BCUT2D eigenvalue weighted by Crippen LogP contribution is -2.17. The van der Waals surface area contributed by atoms with Crippen molar-refractivity contribution in [1.29, 1.82) is 0 Å². The van der Waals surface area contributed by atoms with Crippen molar-refractivity contribution in [2.45, 2.75) is 6.92 Å². The second-order valence-electron chi connectivity index (χ2n) is 4.40. The second kappa shape index (κ2) is 8.28. The molecule has 0 aliphatic carbocycles. The van der Waals surface area contributed by atoms with Crippen molar-refractivity contribution in [2.24, 2.45) is 5.10 Å². The van der Waals surface area contributed by atoms with Gasteiger partial charge in [-0.15, -0.1) is 0 Å². The number of benzene rings is 1. The molecule has 1 N–H and O–H groups in total. The van der Waals surface area contributed by atoms with E-state index in [0.717, 1.165) is 10.0 Å². The number of amides is 1. The van der Waals surface area contributed by atoms with Crippen LogP contribution in [0.25, 0.3) is 0 Å². The summed E-state index contributed by atoms with van der Waals surface area (Å²) in [5.74, 6) is 0.914. The average Bonchev–Trinajstić information content (AvgIpc) is 2.57. The summed E-state index contributed by atoms with van der Waals surface area (Å²) in [5.41, 5.74) is 3.70. The van der Waals surface area contributed by atoms with Crippen LogP contribution in [0.5, 0.6) is 11.5 Å². The molecule has 0 bridgehead atoms. The van der Waals surface area contributed by atoms with Gasteiger partial charge in [0.05, 0.1) is 24.4 Å². The Balaban J connectivity index is 2.11. The maximum Gasteiger partial charge on any atom is 0.271 e. The summed E-state index contributed by atoms with van der Waals surface area (Å²) < 4.78 is 11.6. The second-order valence-corrected chi connectivity index (χ2v) is 5.26. The molecule has 0 saturated carbocycles. The number of methoxy groups -OCH3 is 1. The number of carbonyl (C=O) groups is 1. The lowest BCUT2D eigenvalue weighted by Gasteiger charge is -2.11. The Morgan fingerprint density at radius 2 is 2.13 bits per heavy atom. The first-order valence-electron chi connectivity index (χ1n) is 6.89. The van der Waals surface area contributed by atoms with Crippen LogP contribution >= 0.6 is 15.9 Å². The maximum absolute atomic E-state index is 11.9. The van der Waals surface area contributed by atoms with Crippen molar-refractivity contribution >= 4 is 28.1 Å². The largest absolute Gasteiger partial charge is 0.493 e. The van der Waals surface area contributed by atoms with Crippen LogP contribution < -0.4 is 14.9 Å². The Labute approximate surface area is 142 Å². The average molecular weight is 378 g/mol. The monoisotopic (exact) mass is 377 g/mol. The number of nitrogens with zero attached hydrogens (tertiary/aromatic N) is 2. The van der Waals surface area contributed by atoms with Gasteiger partial charge in [0.1, 0.15) is 0 Å². The number of hydrazone groups is 1. The SMILES string of the molecule is CCOc1c(Br)cc(/C=N/NC(=O)c2ccncc2)cc1OC. The van der Waals surface area contributed by atoms with Crippen molar-refractivity contribution in [3.05, 3.63) is 52.3 Å². The van der Waals surface area contributed by atoms with Crippen LogP contribution in [-0.4, -0.2) is 30.8 Å². The molecular formula is C16H16BrN3O3. The van der Waals surface area contributed by atoms with Gasteiger partial charge in [0.2, 0.25) is 0 Å². The Bertz CT molecular complexity index is 705. The van der Waals surface area contributed by atoms with Crippen LogP contribution in [0, 0.1) is 0 Å². The van der Waals surface area contributed by atoms with E-state index < -0.39 is 0 Å². The number of hydrogen-bond donors (Lipinski definition) is 1. The number of aromatic nitrogens is 1. The minimum Gasteiger partial charge on any atom is -0.493 e. The normalized spacial score (nSPS) is 10.6. The molecule has 23 heavy (non-hydrogen) atoms. The number of halogens is 1. The van der Waals surface area contributed by atoms with Crippen LogP contribution in [0.3, 0.4) is 0 Å². The van der Waals surface area contributed by atoms with Crippen molar-refractivity contribution in [3.63, 3.8) is 0 Å². The summed E-state index contributed by atoms with van der Waals surface area (Å²) in [4.78, 5) is 15.7. The molecule has 0 saturated heterocycles. The molecule has 0 spiro atoms.